The predicted molar refractivity (Wildman–Crippen MR) is 178 cm³/mol. The number of carbonyl (C=O) groups is 2. The van der Waals surface area contributed by atoms with Gasteiger partial charge in [0, 0.05) is 61.8 Å². The van der Waals surface area contributed by atoms with Gasteiger partial charge >= 0.3 is 0 Å². The lowest BCUT2D eigenvalue weighted by Gasteiger charge is -2.21. The Morgan fingerprint density at radius 3 is 1.41 bits per heavy atom. The number of hydrogen-bond donors (Lipinski definition) is 0. The number of anilines is 2. The van der Waals surface area contributed by atoms with Crippen molar-refractivity contribution in [3.63, 3.8) is 0 Å². The van der Waals surface area contributed by atoms with E-state index in [0.29, 0.717) is 31.3 Å². The monoisotopic (exact) mass is 608 g/mol. The summed E-state index contributed by atoms with van der Waals surface area (Å²) in [5.41, 5.74) is 3.55. The molecule has 3 fully saturated rings. The quantitative estimate of drug-likeness (QED) is 0.267. The van der Waals surface area contributed by atoms with Gasteiger partial charge in [-0.15, -0.1) is 0 Å². The Kier molecular flexibility index (Phi) is 8.90. The van der Waals surface area contributed by atoms with Gasteiger partial charge in [0.2, 0.25) is 23.7 Å². The molecule has 2 aromatic heterocycles. The van der Waals surface area contributed by atoms with Crippen molar-refractivity contribution in [2.24, 2.45) is 10.8 Å². The molecule has 0 atom stereocenters. The molecule has 46 heavy (non-hydrogen) atoms. The molecule has 0 radical (unpaired) electrons. The Morgan fingerprint density at radius 1 is 0.565 bits per heavy atom. The fourth-order valence-electron chi connectivity index (χ4n) is 6.18. The van der Waals surface area contributed by atoms with Crippen LogP contribution in [0.5, 0.6) is 0 Å². The van der Waals surface area contributed by atoms with E-state index >= 15 is 0 Å². The predicted octanol–water partition coefficient (Wildman–Crippen LogP) is 5.81. The van der Waals surface area contributed by atoms with Crippen molar-refractivity contribution in [2.75, 3.05) is 22.9 Å². The summed E-state index contributed by atoms with van der Waals surface area (Å²) in [4.78, 5) is 45.1. The molecule has 7 rings (SSSR count). The lowest BCUT2D eigenvalue weighted by Crippen LogP contribution is -2.28. The lowest BCUT2D eigenvalue weighted by molar-refractivity contribution is -0.118. The van der Waals surface area contributed by atoms with Gasteiger partial charge in [0.05, 0.1) is 11.1 Å². The maximum Gasteiger partial charge on any atom is 0.232 e. The van der Waals surface area contributed by atoms with Crippen molar-refractivity contribution in [2.45, 2.75) is 52.4 Å². The van der Waals surface area contributed by atoms with Gasteiger partial charge in [-0.1, -0.05) is 86.8 Å². The van der Waals surface area contributed by atoms with Crippen molar-refractivity contribution in [3.8, 4) is 23.7 Å². The van der Waals surface area contributed by atoms with Crippen LogP contribution in [-0.4, -0.2) is 44.8 Å². The minimum atomic E-state index is -0.0216. The van der Waals surface area contributed by atoms with E-state index < -0.39 is 0 Å². The van der Waals surface area contributed by atoms with Crippen LogP contribution in [0.3, 0.4) is 0 Å². The van der Waals surface area contributed by atoms with Crippen molar-refractivity contribution in [1.29, 1.82) is 0 Å². The SMILES string of the molecule is CC1(C)CC(=O)N(c2ncc(C#Cc3ccccc3)cn2)C1.O=C1CC2(CCCC2)CN1c1ncc(C#Cc2ccccc2)cn1. The summed E-state index contributed by atoms with van der Waals surface area (Å²) in [6.45, 7) is 5.57. The molecule has 4 aromatic rings. The Morgan fingerprint density at radius 2 is 0.978 bits per heavy atom. The summed E-state index contributed by atoms with van der Waals surface area (Å²) in [5.74, 6) is 13.4. The van der Waals surface area contributed by atoms with Crippen LogP contribution in [0.15, 0.2) is 85.5 Å². The van der Waals surface area contributed by atoms with Crippen molar-refractivity contribution >= 4 is 23.7 Å². The highest BCUT2D eigenvalue weighted by Crippen LogP contribution is 2.46. The number of aromatic nitrogens is 4. The van der Waals surface area contributed by atoms with Gasteiger partial charge in [0.1, 0.15) is 0 Å². The van der Waals surface area contributed by atoms with Gasteiger partial charge < -0.3 is 0 Å². The first-order valence-corrected chi connectivity index (χ1v) is 15.7. The van der Waals surface area contributed by atoms with E-state index in [2.05, 4.69) is 57.5 Å². The van der Waals surface area contributed by atoms with Crippen LogP contribution in [0.25, 0.3) is 0 Å². The highest BCUT2D eigenvalue weighted by atomic mass is 16.2. The number of benzene rings is 2. The molecular weight excluding hydrogens is 572 g/mol. The average molecular weight is 609 g/mol. The summed E-state index contributed by atoms with van der Waals surface area (Å²) >= 11 is 0. The van der Waals surface area contributed by atoms with Crippen LogP contribution in [0.1, 0.15) is 74.6 Å². The first-order chi connectivity index (χ1) is 22.3. The van der Waals surface area contributed by atoms with Gasteiger partial charge in [-0.2, -0.15) is 0 Å². The third kappa shape index (κ3) is 7.47. The van der Waals surface area contributed by atoms with Gasteiger partial charge in [-0.3, -0.25) is 19.4 Å². The van der Waals surface area contributed by atoms with Crippen LogP contribution in [0.4, 0.5) is 11.9 Å². The maximum absolute atomic E-state index is 12.3. The average Bonchev–Trinajstić information content (AvgIpc) is 3.75. The number of amides is 2. The Labute approximate surface area is 270 Å². The molecule has 230 valence electrons. The minimum absolute atomic E-state index is 0.0216. The zero-order chi connectivity index (χ0) is 32.0. The molecule has 1 spiro atoms. The Hall–Kier alpha value is -5.34. The summed E-state index contributed by atoms with van der Waals surface area (Å²) in [6, 6.07) is 19.6. The topological polar surface area (TPSA) is 92.2 Å². The third-order valence-corrected chi connectivity index (χ3v) is 8.51. The summed E-state index contributed by atoms with van der Waals surface area (Å²) in [5, 5.41) is 0. The van der Waals surface area contributed by atoms with Crippen LogP contribution in [-0.2, 0) is 9.59 Å². The largest absolute Gasteiger partial charge is 0.280 e. The molecule has 2 amide bonds. The molecule has 8 heteroatoms. The van der Waals surface area contributed by atoms with E-state index in [4.69, 9.17) is 0 Å². The smallest absolute Gasteiger partial charge is 0.232 e. The molecule has 4 heterocycles. The van der Waals surface area contributed by atoms with E-state index in [1.54, 1.807) is 34.6 Å². The number of rotatable bonds is 2. The first kappa shape index (κ1) is 30.7. The summed E-state index contributed by atoms with van der Waals surface area (Å²) in [7, 11) is 0. The normalized spacial score (nSPS) is 17.5. The molecule has 1 saturated carbocycles. The Balaban J connectivity index is 0.000000162. The molecule has 1 aliphatic carbocycles. The molecule has 2 aromatic carbocycles. The second kappa shape index (κ2) is 13.3. The van der Waals surface area contributed by atoms with E-state index in [1.807, 2.05) is 60.7 Å². The van der Waals surface area contributed by atoms with E-state index in [0.717, 1.165) is 41.6 Å². The maximum atomic E-state index is 12.3. The zero-order valence-electron chi connectivity index (χ0n) is 26.2. The number of nitrogens with zero attached hydrogens (tertiary/aromatic N) is 6. The molecule has 2 saturated heterocycles. The van der Waals surface area contributed by atoms with Crippen molar-refractivity contribution in [1.82, 2.24) is 19.9 Å². The second-order valence-corrected chi connectivity index (χ2v) is 13.0. The molecule has 3 aliphatic rings. The summed E-state index contributed by atoms with van der Waals surface area (Å²) in [6.07, 6.45) is 12.7. The van der Waals surface area contributed by atoms with Crippen LogP contribution >= 0.6 is 0 Å². The highest BCUT2D eigenvalue weighted by Gasteiger charge is 2.46. The second-order valence-electron chi connectivity index (χ2n) is 13.0. The van der Waals surface area contributed by atoms with Crippen molar-refractivity contribution < 1.29 is 9.59 Å². The van der Waals surface area contributed by atoms with Crippen LogP contribution in [0, 0.1) is 34.5 Å². The fourth-order valence-corrected chi connectivity index (χ4v) is 6.18. The third-order valence-electron chi connectivity index (χ3n) is 8.51. The van der Waals surface area contributed by atoms with Crippen LogP contribution in [0.2, 0.25) is 0 Å². The molecule has 0 N–H and O–H groups in total. The molecular formula is C38H36N6O2. The van der Waals surface area contributed by atoms with E-state index in [-0.39, 0.29) is 22.6 Å². The minimum Gasteiger partial charge on any atom is -0.280 e. The van der Waals surface area contributed by atoms with Gasteiger partial charge in [-0.25, -0.2) is 19.9 Å². The molecule has 2 aliphatic heterocycles. The first-order valence-electron chi connectivity index (χ1n) is 15.7. The number of hydrogen-bond acceptors (Lipinski definition) is 6. The summed E-state index contributed by atoms with van der Waals surface area (Å²) < 4.78 is 0. The van der Waals surface area contributed by atoms with Crippen molar-refractivity contribution in [3.05, 3.63) is 108 Å². The highest BCUT2D eigenvalue weighted by molar-refractivity contribution is 5.95. The Bertz CT molecular complexity index is 1810. The van der Waals surface area contributed by atoms with E-state index in [1.165, 1.54) is 12.8 Å². The van der Waals surface area contributed by atoms with Gasteiger partial charge in [0.25, 0.3) is 0 Å². The van der Waals surface area contributed by atoms with Crippen LogP contribution < -0.4 is 9.80 Å². The molecule has 8 nitrogen and oxygen atoms in total. The fraction of sp³-hybridized carbons (Fsp3) is 0.316. The molecule has 0 unspecified atom stereocenters. The lowest BCUT2D eigenvalue weighted by atomic mass is 9.85. The standard InChI is InChI=1S/C20H19N3O.C18H17N3O/c24-18-12-20(10-4-5-11-20)15-23(18)19-21-13-17(14-22-19)9-8-16-6-2-1-3-7-16;1-18(2)10-16(22)21(13-18)17-19-11-15(12-20-17)9-8-14-6-4-3-5-7-14/h1-3,6-7,13-14H,4-5,10-12,15H2;3-7,11-12H,10,13H2,1-2H3. The van der Waals surface area contributed by atoms with Gasteiger partial charge in [-0.05, 0) is 47.9 Å². The zero-order valence-corrected chi connectivity index (χ0v) is 26.2. The number of carbonyl (C=O) groups excluding carboxylic acids is 2. The molecule has 0 bridgehead atoms. The van der Waals surface area contributed by atoms with E-state index in [9.17, 15) is 9.59 Å². The van der Waals surface area contributed by atoms with Gasteiger partial charge in [0.15, 0.2) is 0 Å².